The van der Waals surface area contributed by atoms with Crippen LogP contribution in [0.2, 0.25) is 0 Å². The molecule has 1 aromatic rings. The Bertz CT molecular complexity index is 414. The van der Waals surface area contributed by atoms with E-state index in [-0.39, 0.29) is 4.88 Å². The average molecular weight is 298 g/mol. The van der Waals surface area contributed by atoms with Gasteiger partial charge in [-0.15, -0.1) is 11.3 Å². The minimum absolute atomic E-state index is 0.348. The van der Waals surface area contributed by atoms with Crippen molar-refractivity contribution in [3.63, 3.8) is 0 Å². The van der Waals surface area contributed by atoms with E-state index in [9.17, 15) is 23.1 Å². The van der Waals surface area contributed by atoms with Crippen LogP contribution in [0.5, 0.6) is 0 Å². The van der Waals surface area contributed by atoms with Crippen LogP contribution in [0.4, 0.5) is 13.2 Å². The number of carbonyl (C=O) groups excluding carboxylic acids is 1. The first kappa shape index (κ1) is 16.1. The SMILES string of the molecule is COC(OC)C(=O)C[C@](O)(c1cccs1)C(F)(F)F. The van der Waals surface area contributed by atoms with Gasteiger partial charge in [0.25, 0.3) is 0 Å². The van der Waals surface area contributed by atoms with Crippen LogP contribution < -0.4 is 0 Å². The first-order valence-electron chi connectivity index (χ1n) is 5.17. The smallest absolute Gasteiger partial charge is 0.375 e. The number of carbonyl (C=O) groups is 1. The number of thiophene rings is 1. The van der Waals surface area contributed by atoms with Crippen LogP contribution in [0.1, 0.15) is 11.3 Å². The number of Topliss-reactive ketones (excluding diaryl/α,β-unsaturated/α-hetero) is 1. The molecule has 108 valence electrons. The molecule has 1 heterocycles. The van der Waals surface area contributed by atoms with E-state index in [1.807, 2.05) is 0 Å². The van der Waals surface area contributed by atoms with Gasteiger partial charge in [0.15, 0.2) is 5.78 Å². The number of hydrogen-bond donors (Lipinski definition) is 1. The summed E-state index contributed by atoms with van der Waals surface area (Å²) >= 11 is 0.722. The van der Waals surface area contributed by atoms with Gasteiger partial charge in [-0.05, 0) is 11.4 Å². The molecule has 0 aromatic carbocycles. The second-order valence-electron chi connectivity index (χ2n) is 3.78. The van der Waals surface area contributed by atoms with Crippen LogP contribution >= 0.6 is 11.3 Å². The van der Waals surface area contributed by atoms with Gasteiger partial charge >= 0.3 is 6.18 Å². The quantitative estimate of drug-likeness (QED) is 0.817. The van der Waals surface area contributed by atoms with Gasteiger partial charge in [0.05, 0.1) is 6.42 Å². The van der Waals surface area contributed by atoms with Gasteiger partial charge in [-0.2, -0.15) is 13.2 Å². The summed E-state index contributed by atoms with van der Waals surface area (Å²) < 4.78 is 48.2. The Morgan fingerprint density at radius 1 is 1.42 bits per heavy atom. The van der Waals surface area contributed by atoms with Crippen molar-refractivity contribution in [1.82, 2.24) is 0 Å². The zero-order valence-corrected chi connectivity index (χ0v) is 11.0. The Morgan fingerprint density at radius 3 is 2.37 bits per heavy atom. The van der Waals surface area contributed by atoms with Crippen molar-refractivity contribution in [2.24, 2.45) is 0 Å². The van der Waals surface area contributed by atoms with Crippen LogP contribution in [-0.2, 0) is 19.9 Å². The average Bonchev–Trinajstić information content (AvgIpc) is 2.82. The van der Waals surface area contributed by atoms with Crippen molar-refractivity contribution >= 4 is 17.1 Å². The van der Waals surface area contributed by atoms with Gasteiger partial charge in [-0.3, -0.25) is 4.79 Å². The van der Waals surface area contributed by atoms with Crippen molar-refractivity contribution < 1.29 is 32.5 Å². The molecular formula is C11H13F3O4S. The fourth-order valence-corrected chi connectivity index (χ4v) is 2.38. The summed E-state index contributed by atoms with van der Waals surface area (Å²) in [6.07, 6.45) is -7.57. The van der Waals surface area contributed by atoms with E-state index in [1.165, 1.54) is 11.4 Å². The first-order chi connectivity index (χ1) is 8.76. The predicted molar refractivity (Wildman–Crippen MR) is 61.7 cm³/mol. The molecule has 0 saturated carbocycles. The van der Waals surface area contributed by atoms with Gasteiger partial charge < -0.3 is 14.6 Å². The fraction of sp³-hybridized carbons (Fsp3) is 0.545. The van der Waals surface area contributed by atoms with E-state index in [2.05, 4.69) is 9.47 Å². The molecule has 0 amide bonds. The van der Waals surface area contributed by atoms with Crippen molar-refractivity contribution in [3.8, 4) is 0 Å². The van der Waals surface area contributed by atoms with E-state index < -0.39 is 30.3 Å². The van der Waals surface area contributed by atoms with Crippen molar-refractivity contribution in [3.05, 3.63) is 22.4 Å². The van der Waals surface area contributed by atoms with Gasteiger partial charge in [-0.1, -0.05) is 6.07 Å². The predicted octanol–water partition coefficient (Wildman–Crippen LogP) is 2.08. The minimum Gasteiger partial charge on any atom is -0.375 e. The van der Waals surface area contributed by atoms with Crippen LogP contribution in [0, 0.1) is 0 Å². The van der Waals surface area contributed by atoms with Crippen molar-refractivity contribution in [2.75, 3.05) is 14.2 Å². The van der Waals surface area contributed by atoms with Gasteiger partial charge in [0.1, 0.15) is 0 Å². The molecule has 19 heavy (non-hydrogen) atoms. The first-order valence-corrected chi connectivity index (χ1v) is 6.05. The lowest BCUT2D eigenvalue weighted by Gasteiger charge is -2.29. The van der Waals surface area contributed by atoms with E-state index in [0.717, 1.165) is 31.6 Å². The Labute approximate surface area is 111 Å². The molecule has 0 saturated heterocycles. The summed E-state index contributed by atoms with van der Waals surface area (Å²) in [5.74, 6) is -0.988. The Kier molecular flexibility index (Phi) is 5.08. The number of alkyl halides is 3. The molecule has 0 unspecified atom stereocenters. The number of aliphatic hydroxyl groups is 1. The molecule has 0 aliphatic rings. The summed E-state index contributed by atoms with van der Waals surface area (Å²) in [5.41, 5.74) is -3.23. The maximum absolute atomic E-state index is 13.0. The van der Waals surface area contributed by atoms with E-state index in [0.29, 0.717) is 0 Å². The Morgan fingerprint density at radius 2 is 2.00 bits per heavy atom. The topological polar surface area (TPSA) is 55.8 Å². The Hall–Kier alpha value is -0.960. The van der Waals surface area contributed by atoms with E-state index in [1.54, 1.807) is 0 Å². The third kappa shape index (κ3) is 3.33. The highest BCUT2D eigenvalue weighted by Gasteiger charge is 2.57. The standard InChI is InChI=1S/C11H13F3O4S/c1-17-9(18-2)7(15)6-10(16,11(12,13)14)8-4-3-5-19-8/h3-5,9,16H,6H2,1-2H3/t10-/m0/s1. The van der Waals surface area contributed by atoms with Crippen LogP contribution in [0.25, 0.3) is 0 Å². The summed E-state index contributed by atoms with van der Waals surface area (Å²) in [5, 5.41) is 11.3. The molecule has 0 spiro atoms. The molecule has 1 aromatic heterocycles. The minimum atomic E-state index is -4.97. The second kappa shape index (κ2) is 6.00. The molecule has 8 heteroatoms. The number of methoxy groups -OCH3 is 2. The number of ether oxygens (including phenoxy) is 2. The molecule has 0 radical (unpaired) electrons. The lowest BCUT2D eigenvalue weighted by molar-refractivity contribution is -0.267. The number of rotatable bonds is 6. The fourth-order valence-electron chi connectivity index (χ4n) is 1.54. The number of halogens is 3. The zero-order valence-electron chi connectivity index (χ0n) is 10.2. The summed E-state index contributed by atoms with van der Waals surface area (Å²) in [6.45, 7) is 0. The van der Waals surface area contributed by atoms with Gasteiger partial charge in [-0.25, -0.2) is 0 Å². The number of hydrogen-bond acceptors (Lipinski definition) is 5. The molecule has 1 N–H and O–H groups in total. The molecule has 1 rings (SSSR count). The largest absolute Gasteiger partial charge is 0.422 e. The lowest BCUT2D eigenvalue weighted by atomic mass is 9.94. The lowest BCUT2D eigenvalue weighted by Crippen LogP contribution is -2.45. The summed E-state index contributed by atoms with van der Waals surface area (Å²) in [6, 6.07) is 2.49. The molecule has 0 fully saturated rings. The maximum Gasteiger partial charge on any atom is 0.422 e. The second-order valence-corrected chi connectivity index (χ2v) is 4.73. The highest BCUT2D eigenvalue weighted by molar-refractivity contribution is 7.10. The maximum atomic E-state index is 13.0. The normalized spacial score (nSPS) is 15.5. The highest BCUT2D eigenvalue weighted by Crippen LogP contribution is 2.43. The Balaban J connectivity index is 3.04. The van der Waals surface area contributed by atoms with Crippen LogP contribution in [0.15, 0.2) is 17.5 Å². The zero-order chi connectivity index (χ0) is 14.7. The molecular weight excluding hydrogens is 285 g/mol. The van der Waals surface area contributed by atoms with Crippen molar-refractivity contribution in [1.29, 1.82) is 0 Å². The molecule has 0 aliphatic carbocycles. The van der Waals surface area contributed by atoms with Crippen molar-refractivity contribution in [2.45, 2.75) is 24.5 Å². The van der Waals surface area contributed by atoms with Gasteiger partial charge in [0.2, 0.25) is 11.9 Å². The monoisotopic (exact) mass is 298 g/mol. The number of ketones is 1. The third-order valence-electron chi connectivity index (χ3n) is 2.52. The molecule has 1 atom stereocenters. The summed E-state index contributed by atoms with van der Waals surface area (Å²) in [4.78, 5) is 11.3. The van der Waals surface area contributed by atoms with Gasteiger partial charge in [0, 0.05) is 19.1 Å². The van der Waals surface area contributed by atoms with Crippen LogP contribution in [-0.4, -0.2) is 37.6 Å². The highest BCUT2D eigenvalue weighted by atomic mass is 32.1. The molecule has 0 aliphatic heterocycles. The molecule has 0 bridgehead atoms. The molecule has 4 nitrogen and oxygen atoms in total. The summed E-state index contributed by atoms with van der Waals surface area (Å²) in [7, 11) is 2.26. The van der Waals surface area contributed by atoms with E-state index >= 15 is 0 Å². The van der Waals surface area contributed by atoms with Crippen LogP contribution in [0.3, 0.4) is 0 Å². The third-order valence-corrected chi connectivity index (χ3v) is 3.54. The van der Waals surface area contributed by atoms with E-state index in [4.69, 9.17) is 0 Å².